The average molecular weight is 280 g/mol. The van der Waals surface area contributed by atoms with Crippen LogP contribution in [0.1, 0.15) is 51.9 Å². The molecule has 112 valence electrons. The molecule has 0 unspecified atom stereocenters. The molecule has 1 saturated carbocycles. The minimum atomic E-state index is -4.23. The van der Waals surface area contributed by atoms with Crippen LogP contribution in [0.3, 0.4) is 0 Å². The van der Waals surface area contributed by atoms with Crippen LogP contribution in [0.2, 0.25) is 0 Å². The summed E-state index contributed by atoms with van der Waals surface area (Å²) in [5.74, 6) is -0.335. The molecule has 0 aromatic rings. The second-order valence-corrected chi connectivity index (χ2v) is 5.20. The van der Waals surface area contributed by atoms with Gasteiger partial charge < -0.3 is 10.6 Å². The van der Waals surface area contributed by atoms with Crippen molar-refractivity contribution in [3.8, 4) is 0 Å². The number of alkyl halides is 3. The van der Waals surface area contributed by atoms with Crippen molar-refractivity contribution >= 4 is 5.91 Å². The highest BCUT2D eigenvalue weighted by atomic mass is 19.4. The Morgan fingerprint density at radius 2 is 1.89 bits per heavy atom. The predicted octanol–water partition coefficient (Wildman–Crippen LogP) is 2.84. The first-order chi connectivity index (χ1) is 8.85. The summed E-state index contributed by atoms with van der Waals surface area (Å²) in [6.07, 6.45) is -0.107. The second-order valence-electron chi connectivity index (χ2n) is 5.20. The molecule has 0 aromatic carbocycles. The zero-order chi connectivity index (χ0) is 14.5. The first kappa shape index (κ1) is 16.3. The molecular weight excluding hydrogens is 257 g/mol. The number of nitrogens with two attached hydrogens (primary N) is 1. The fourth-order valence-electron chi connectivity index (χ4n) is 2.50. The van der Waals surface area contributed by atoms with Gasteiger partial charge in [-0.25, -0.2) is 0 Å². The van der Waals surface area contributed by atoms with Gasteiger partial charge in [0, 0.05) is 12.6 Å². The number of carbonyl (C=O) groups is 1. The molecular formula is C13H23F3N2O. The van der Waals surface area contributed by atoms with E-state index in [0.29, 0.717) is 6.42 Å². The third-order valence-corrected chi connectivity index (χ3v) is 3.69. The summed E-state index contributed by atoms with van der Waals surface area (Å²) in [5.41, 5.74) is 5.69. The van der Waals surface area contributed by atoms with E-state index in [1.807, 2.05) is 0 Å². The Kier molecular flexibility index (Phi) is 6.10. The topological polar surface area (TPSA) is 46.3 Å². The Morgan fingerprint density at radius 3 is 2.37 bits per heavy atom. The van der Waals surface area contributed by atoms with Gasteiger partial charge in [-0.1, -0.05) is 26.2 Å². The van der Waals surface area contributed by atoms with Crippen LogP contribution < -0.4 is 5.73 Å². The van der Waals surface area contributed by atoms with E-state index in [0.717, 1.165) is 32.1 Å². The van der Waals surface area contributed by atoms with Crippen molar-refractivity contribution in [2.24, 2.45) is 5.73 Å². The van der Waals surface area contributed by atoms with Gasteiger partial charge in [-0.15, -0.1) is 0 Å². The Hall–Kier alpha value is -0.780. The first-order valence-electron chi connectivity index (χ1n) is 6.98. The van der Waals surface area contributed by atoms with E-state index in [9.17, 15) is 18.0 Å². The van der Waals surface area contributed by atoms with Gasteiger partial charge in [0.15, 0.2) is 0 Å². The molecule has 0 spiro atoms. The van der Waals surface area contributed by atoms with E-state index >= 15 is 0 Å². The van der Waals surface area contributed by atoms with Crippen LogP contribution in [0.15, 0.2) is 0 Å². The third kappa shape index (κ3) is 5.38. The van der Waals surface area contributed by atoms with Crippen LogP contribution in [0, 0.1) is 0 Å². The molecule has 0 bridgehead atoms. The predicted molar refractivity (Wildman–Crippen MR) is 67.5 cm³/mol. The van der Waals surface area contributed by atoms with E-state index in [1.54, 1.807) is 6.92 Å². The molecule has 0 saturated heterocycles. The number of nitrogens with zero attached hydrogens (tertiary/aromatic N) is 1. The van der Waals surface area contributed by atoms with Crippen LogP contribution in [0.5, 0.6) is 0 Å². The Bertz CT molecular complexity index is 288. The number of amides is 1. The molecule has 0 aromatic heterocycles. The third-order valence-electron chi connectivity index (χ3n) is 3.69. The van der Waals surface area contributed by atoms with Crippen LogP contribution in [-0.4, -0.2) is 35.6 Å². The van der Waals surface area contributed by atoms with Crippen molar-refractivity contribution in [2.45, 2.75) is 70.1 Å². The molecule has 1 fully saturated rings. The van der Waals surface area contributed by atoms with Crippen LogP contribution in [-0.2, 0) is 4.79 Å². The Labute approximate surface area is 112 Å². The minimum Gasteiger partial charge on any atom is -0.338 e. The first-order valence-corrected chi connectivity index (χ1v) is 6.98. The Morgan fingerprint density at radius 1 is 1.32 bits per heavy atom. The number of hydrogen-bond donors (Lipinski definition) is 1. The van der Waals surface area contributed by atoms with Crippen molar-refractivity contribution < 1.29 is 18.0 Å². The molecule has 2 N–H and O–H groups in total. The lowest BCUT2D eigenvalue weighted by molar-refractivity contribution is -0.149. The molecule has 1 aliphatic rings. The molecule has 1 rings (SSSR count). The number of halogens is 3. The molecule has 1 atom stereocenters. The molecule has 0 aliphatic heterocycles. The van der Waals surface area contributed by atoms with E-state index in [2.05, 4.69) is 0 Å². The molecule has 19 heavy (non-hydrogen) atoms. The minimum absolute atomic E-state index is 0.0683. The van der Waals surface area contributed by atoms with E-state index in [1.165, 1.54) is 4.90 Å². The average Bonchev–Trinajstić information content (AvgIpc) is 2.37. The highest BCUT2D eigenvalue weighted by Crippen LogP contribution is 2.26. The molecule has 1 amide bonds. The molecule has 0 heterocycles. The van der Waals surface area contributed by atoms with E-state index in [-0.39, 0.29) is 18.5 Å². The fourth-order valence-corrected chi connectivity index (χ4v) is 2.50. The maximum atomic E-state index is 12.4. The molecule has 0 radical (unpaired) electrons. The van der Waals surface area contributed by atoms with Gasteiger partial charge in [-0.05, 0) is 19.3 Å². The molecule has 6 heteroatoms. The van der Waals surface area contributed by atoms with Crippen molar-refractivity contribution in [3.05, 3.63) is 0 Å². The highest BCUT2D eigenvalue weighted by Gasteiger charge is 2.33. The van der Waals surface area contributed by atoms with Gasteiger partial charge in [-0.3, -0.25) is 4.79 Å². The SMILES string of the molecule is CC[C@H](N)C(=O)N(CCC(F)(F)F)C1CCCCC1. The second kappa shape index (κ2) is 7.12. The lowest BCUT2D eigenvalue weighted by Gasteiger charge is -2.36. The molecule has 1 aliphatic carbocycles. The molecule has 3 nitrogen and oxygen atoms in total. The Balaban J connectivity index is 2.68. The summed E-state index contributed by atoms with van der Waals surface area (Å²) in [5, 5.41) is 0. The van der Waals surface area contributed by atoms with Crippen LogP contribution >= 0.6 is 0 Å². The smallest absolute Gasteiger partial charge is 0.338 e. The highest BCUT2D eigenvalue weighted by molar-refractivity contribution is 5.81. The standard InChI is InChI=1S/C13H23F3N2O/c1-2-11(17)12(19)18(9-8-13(14,15)16)10-6-4-3-5-7-10/h10-11H,2-9,17H2,1H3/t11-/m0/s1. The maximum Gasteiger partial charge on any atom is 0.390 e. The lowest BCUT2D eigenvalue weighted by atomic mass is 9.93. The monoisotopic (exact) mass is 280 g/mol. The summed E-state index contributed by atoms with van der Waals surface area (Å²) in [7, 11) is 0. The normalized spacial score (nSPS) is 19.2. The van der Waals surface area contributed by atoms with Crippen LogP contribution in [0.4, 0.5) is 13.2 Å². The van der Waals surface area contributed by atoms with Gasteiger partial charge in [0.05, 0.1) is 12.5 Å². The summed E-state index contributed by atoms with van der Waals surface area (Å²) < 4.78 is 37.1. The van der Waals surface area contributed by atoms with Gasteiger partial charge in [0.1, 0.15) is 0 Å². The summed E-state index contributed by atoms with van der Waals surface area (Å²) in [4.78, 5) is 13.5. The number of rotatable bonds is 5. The summed E-state index contributed by atoms with van der Waals surface area (Å²) in [6.45, 7) is 1.51. The van der Waals surface area contributed by atoms with Crippen molar-refractivity contribution in [2.75, 3.05) is 6.54 Å². The van der Waals surface area contributed by atoms with Gasteiger partial charge in [0.2, 0.25) is 5.91 Å². The van der Waals surface area contributed by atoms with Crippen molar-refractivity contribution in [1.29, 1.82) is 0 Å². The zero-order valence-electron chi connectivity index (χ0n) is 11.4. The largest absolute Gasteiger partial charge is 0.390 e. The zero-order valence-corrected chi connectivity index (χ0v) is 11.4. The summed E-state index contributed by atoms with van der Waals surface area (Å²) >= 11 is 0. The van der Waals surface area contributed by atoms with Gasteiger partial charge in [0.25, 0.3) is 0 Å². The fraction of sp³-hybridized carbons (Fsp3) is 0.923. The number of hydrogen-bond acceptors (Lipinski definition) is 2. The van der Waals surface area contributed by atoms with Crippen molar-refractivity contribution in [3.63, 3.8) is 0 Å². The van der Waals surface area contributed by atoms with Crippen molar-refractivity contribution in [1.82, 2.24) is 4.90 Å². The maximum absolute atomic E-state index is 12.4. The van der Waals surface area contributed by atoms with Gasteiger partial charge >= 0.3 is 6.18 Å². The van der Waals surface area contributed by atoms with E-state index < -0.39 is 18.6 Å². The lowest BCUT2D eigenvalue weighted by Crippen LogP contribution is -2.50. The van der Waals surface area contributed by atoms with Crippen LogP contribution in [0.25, 0.3) is 0 Å². The van der Waals surface area contributed by atoms with E-state index in [4.69, 9.17) is 5.73 Å². The van der Waals surface area contributed by atoms with Gasteiger partial charge in [-0.2, -0.15) is 13.2 Å². The number of carbonyl (C=O) groups excluding carboxylic acids is 1. The summed E-state index contributed by atoms with van der Waals surface area (Å²) in [6, 6.07) is -0.753. The quantitative estimate of drug-likeness (QED) is 0.841.